The fourth-order valence-corrected chi connectivity index (χ4v) is 4.15. The second kappa shape index (κ2) is 12.9. The number of carboxylic acids is 1. The van der Waals surface area contributed by atoms with Gasteiger partial charge in [-0.25, -0.2) is 14.5 Å². The van der Waals surface area contributed by atoms with Crippen molar-refractivity contribution >= 4 is 5.97 Å². The first-order chi connectivity index (χ1) is 16.1. The number of rotatable bonds is 14. The van der Waals surface area contributed by atoms with Gasteiger partial charge in [-0.1, -0.05) is 94.8 Å². The first-order valence-corrected chi connectivity index (χ1v) is 12.5. The third-order valence-electron chi connectivity index (χ3n) is 6.05. The molecule has 0 fully saturated rings. The average Bonchev–Trinajstić information content (AvgIpc) is 3.21. The Hall–Kier alpha value is -2.95. The van der Waals surface area contributed by atoms with Gasteiger partial charge in [0.15, 0.2) is 5.82 Å². The second-order valence-corrected chi connectivity index (χ2v) is 8.76. The maximum Gasteiger partial charge on any atom is 0.336 e. The van der Waals surface area contributed by atoms with E-state index >= 15 is 0 Å². The molecule has 0 aliphatic rings. The summed E-state index contributed by atoms with van der Waals surface area (Å²) in [5.41, 5.74) is 3.13. The van der Waals surface area contributed by atoms with Crippen LogP contribution in [0.1, 0.15) is 92.8 Å². The van der Waals surface area contributed by atoms with Crippen LogP contribution in [0.2, 0.25) is 0 Å². The van der Waals surface area contributed by atoms with Crippen LogP contribution in [0.4, 0.5) is 0 Å². The van der Waals surface area contributed by atoms with Crippen molar-refractivity contribution in [1.82, 2.24) is 14.8 Å². The number of nitrogens with zero attached hydrogens (tertiary/aromatic N) is 3. The highest BCUT2D eigenvalue weighted by molar-refractivity contribution is 5.95. The van der Waals surface area contributed by atoms with Crippen molar-refractivity contribution in [3.05, 3.63) is 71.3 Å². The normalized spacial score (nSPS) is 11.1. The Morgan fingerprint density at radius 2 is 1.58 bits per heavy atom. The van der Waals surface area contributed by atoms with Crippen molar-refractivity contribution in [2.24, 2.45) is 0 Å². The molecule has 33 heavy (non-hydrogen) atoms. The van der Waals surface area contributed by atoms with E-state index in [1.54, 1.807) is 12.1 Å². The van der Waals surface area contributed by atoms with Crippen LogP contribution in [0.25, 0.3) is 11.1 Å². The van der Waals surface area contributed by atoms with Crippen LogP contribution in [0.15, 0.2) is 48.5 Å². The van der Waals surface area contributed by atoms with E-state index in [0.29, 0.717) is 5.56 Å². The SMILES string of the molecule is CCCCCCc1nc(Cc2ccc(-c3ccccc3C(=O)O)cc2)n(CCCCCC)n1. The van der Waals surface area contributed by atoms with E-state index in [1.165, 1.54) is 38.5 Å². The number of hydrogen-bond donors (Lipinski definition) is 1. The minimum atomic E-state index is -0.905. The van der Waals surface area contributed by atoms with E-state index in [2.05, 4.69) is 30.7 Å². The van der Waals surface area contributed by atoms with E-state index in [-0.39, 0.29) is 0 Å². The zero-order valence-electron chi connectivity index (χ0n) is 20.1. The molecule has 176 valence electrons. The monoisotopic (exact) mass is 447 g/mol. The number of hydrogen-bond acceptors (Lipinski definition) is 3. The van der Waals surface area contributed by atoms with E-state index in [9.17, 15) is 9.90 Å². The van der Waals surface area contributed by atoms with Gasteiger partial charge in [-0.2, -0.15) is 5.10 Å². The van der Waals surface area contributed by atoms with Gasteiger partial charge in [-0.3, -0.25) is 0 Å². The minimum absolute atomic E-state index is 0.324. The molecule has 1 aromatic heterocycles. The molecule has 0 amide bonds. The molecule has 1 N–H and O–H groups in total. The van der Waals surface area contributed by atoms with Gasteiger partial charge in [-0.05, 0) is 35.6 Å². The van der Waals surface area contributed by atoms with E-state index < -0.39 is 5.97 Å². The Bertz CT molecular complexity index is 1010. The lowest BCUT2D eigenvalue weighted by molar-refractivity contribution is 0.0697. The maximum absolute atomic E-state index is 11.6. The molecule has 0 unspecified atom stereocenters. The van der Waals surface area contributed by atoms with Crippen LogP contribution in [-0.4, -0.2) is 25.8 Å². The Morgan fingerprint density at radius 3 is 2.27 bits per heavy atom. The average molecular weight is 448 g/mol. The van der Waals surface area contributed by atoms with Gasteiger partial charge >= 0.3 is 5.97 Å². The van der Waals surface area contributed by atoms with Crippen molar-refractivity contribution in [2.45, 2.75) is 84.6 Å². The highest BCUT2D eigenvalue weighted by atomic mass is 16.4. The van der Waals surface area contributed by atoms with Crippen LogP contribution >= 0.6 is 0 Å². The summed E-state index contributed by atoms with van der Waals surface area (Å²) in [6.45, 7) is 5.38. The molecule has 0 aliphatic heterocycles. The quantitative estimate of drug-likeness (QED) is 0.272. The van der Waals surface area contributed by atoms with Crippen molar-refractivity contribution in [3.63, 3.8) is 0 Å². The van der Waals surface area contributed by atoms with Crippen molar-refractivity contribution in [2.75, 3.05) is 0 Å². The Morgan fingerprint density at radius 1 is 0.879 bits per heavy atom. The summed E-state index contributed by atoms with van der Waals surface area (Å²) in [6, 6.07) is 15.3. The number of benzene rings is 2. The Kier molecular flexibility index (Phi) is 9.67. The lowest BCUT2D eigenvalue weighted by Crippen LogP contribution is -2.07. The van der Waals surface area contributed by atoms with Gasteiger partial charge in [0.25, 0.3) is 0 Å². The number of carbonyl (C=O) groups is 1. The number of carboxylic acid groups (broad SMARTS) is 1. The molecular weight excluding hydrogens is 410 g/mol. The summed E-state index contributed by atoms with van der Waals surface area (Å²) in [6.07, 6.45) is 11.4. The van der Waals surface area contributed by atoms with Gasteiger partial charge in [0.2, 0.25) is 0 Å². The summed E-state index contributed by atoms with van der Waals surface area (Å²) >= 11 is 0. The topological polar surface area (TPSA) is 68.0 Å². The fourth-order valence-electron chi connectivity index (χ4n) is 4.15. The van der Waals surface area contributed by atoms with Gasteiger partial charge in [0.1, 0.15) is 5.82 Å². The lowest BCUT2D eigenvalue weighted by Gasteiger charge is -2.08. The highest BCUT2D eigenvalue weighted by Crippen LogP contribution is 2.25. The third-order valence-corrected chi connectivity index (χ3v) is 6.05. The molecular formula is C28H37N3O2. The Labute approximate surface area is 197 Å². The van der Waals surface area contributed by atoms with Crippen molar-refractivity contribution in [1.29, 1.82) is 0 Å². The number of aromatic carboxylic acids is 1. The molecule has 2 aromatic carbocycles. The minimum Gasteiger partial charge on any atom is -0.478 e. The molecule has 3 rings (SSSR count). The predicted octanol–water partition coefficient (Wildman–Crippen LogP) is 6.94. The molecule has 0 bridgehead atoms. The number of aromatic nitrogens is 3. The smallest absolute Gasteiger partial charge is 0.336 e. The Balaban J connectivity index is 1.73. The number of aryl methyl sites for hydroxylation is 2. The first kappa shape index (κ1) is 24.7. The first-order valence-electron chi connectivity index (χ1n) is 12.5. The molecule has 0 aliphatic carbocycles. The molecule has 5 heteroatoms. The summed E-state index contributed by atoms with van der Waals surface area (Å²) in [7, 11) is 0. The van der Waals surface area contributed by atoms with Gasteiger partial charge in [0, 0.05) is 19.4 Å². The highest BCUT2D eigenvalue weighted by Gasteiger charge is 2.13. The second-order valence-electron chi connectivity index (χ2n) is 8.76. The maximum atomic E-state index is 11.6. The zero-order valence-corrected chi connectivity index (χ0v) is 20.1. The van der Waals surface area contributed by atoms with Gasteiger partial charge < -0.3 is 5.11 Å². The summed E-state index contributed by atoms with van der Waals surface area (Å²) in [5.74, 6) is 1.08. The van der Waals surface area contributed by atoms with Gasteiger partial charge in [-0.15, -0.1) is 0 Å². The lowest BCUT2D eigenvalue weighted by atomic mass is 9.98. The third kappa shape index (κ3) is 7.28. The van der Waals surface area contributed by atoms with Gasteiger partial charge in [0.05, 0.1) is 5.56 Å². The van der Waals surface area contributed by atoms with Crippen molar-refractivity contribution < 1.29 is 9.90 Å². The standard InChI is InChI=1S/C28H37N3O2/c1-3-5-7-9-15-26-29-27(31(30-26)20-12-8-6-4-2)21-22-16-18-23(19-17-22)24-13-10-11-14-25(24)28(32)33/h10-11,13-14,16-19H,3-9,12,15,20-21H2,1-2H3,(H,32,33). The largest absolute Gasteiger partial charge is 0.478 e. The van der Waals surface area contributed by atoms with Crippen molar-refractivity contribution in [3.8, 4) is 11.1 Å². The molecule has 0 spiro atoms. The van der Waals surface area contributed by atoms with E-state index in [4.69, 9.17) is 10.1 Å². The zero-order chi connectivity index (χ0) is 23.5. The van der Waals surface area contributed by atoms with E-state index in [0.717, 1.165) is 60.6 Å². The number of unbranched alkanes of at least 4 members (excludes halogenated alkanes) is 6. The molecule has 1 heterocycles. The fraction of sp³-hybridized carbons (Fsp3) is 0.464. The molecule has 0 radical (unpaired) electrons. The molecule has 0 atom stereocenters. The summed E-state index contributed by atoms with van der Waals surface area (Å²) in [4.78, 5) is 16.5. The van der Waals surface area contributed by atoms with Crippen LogP contribution in [0.3, 0.4) is 0 Å². The summed E-state index contributed by atoms with van der Waals surface area (Å²) < 4.78 is 2.11. The van der Waals surface area contributed by atoms with E-state index in [1.807, 2.05) is 24.3 Å². The van der Waals surface area contributed by atoms with Crippen LogP contribution < -0.4 is 0 Å². The molecule has 0 saturated heterocycles. The molecule has 3 aromatic rings. The molecule has 5 nitrogen and oxygen atoms in total. The van der Waals surface area contributed by atoms with Crippen LogP contribution in [0.5, 0.6) is 0 Å². The predicted molar refractivity (Wildman–Crippen MR) is 134 cm³/mol. The summed E-state index contributed by atoms with van der Waals surface area (Å²) in [5, 5.41) is 14.3. The van der Waals surface area contributed by atoms with Crippen LogP contribution in [-0.2, 0) is 19.4 Å². The van der Waals surface area contributed by atoms with Crippen LogP contribution in [0, 0.1) is 0 Å². The molecule has 0 saturated carbocycles.